The summed E-state index contributed by atoms with van der Waals surface area (Å²) in [5, 5.41) is 14.0. The number of hydrogen-bond acceptors (Lipinski definition) is 5. The molecule has 32 heavy (non-hydrogen) atoms. The van der Waals surface area contributed by atoms with Crippen molar-refractivity contribution >= 4 is 28.7 Å². The second-order valence-electron chi connectivity index (χ2n) is 6.60. The van der Waals surface area contributed by atoms with Gasteiger partial charge < -0.3 is 5.11 Å². The second kappa shape index (κ2) is 9.43. The highest BCUT2D eigenvalue weighted by Gasteiger charge is 2.31. The second-order valence-corrected chi connectivity index (χ2v) is 7.53. The van der Waals surface area contributed by atoms with Crippen molar-refractivity contribution in [3.05, 3.63) is 70.1 Å². The summed E-state index contributed by atoms with van der Waals surface area (Å²) in [4.78, 5) is 15.5. The number of carboxylic acid groups (broad SMARTS) is 1. The number of carbonyl (C=O) groups is 1. The van der Waals surface area contributed by atoms with Crippen LogP contribution in [0.25, 0.3) is 11.3 Å². The fraction of sp³-hybridized carbons (Fsp3) is 0.190. The van der Waals surface area contributed by atoms with Crippen molar-refractivity contribution in [2.45, 2.75) is 19.5 Å². The molecule has 1 aromatic heterocycles. The molecule has 3 rings (SSSR count). The number of benzene rings is 2. The Morgan fingerprint density at radius 3 is 2.62 bits per heavy atom. The molecule has 0 saturated heterocycles. The highest BCUT2D eigenvalue weighted by Crippen LogP contribution is 2.35. The summed E-state index contributed by atoms with van der Waals surface area (Å²) in [6.45, 7) is 2.09. The van der Waals surface area contributed by atoms with Gasteiger partial charge >= 0.3 is 12.1 Å². The van der Waals surface area contributed by atoms with Crippen LogP contribution >= 0.6 is 11.3 Å². The van der Waals surface area contributed by atoms with Gasteiger partial charge in [-0.2, -0.15) is 22.7 Å². The summed E-state index contributed by atoms with van der Waals surface area (Å²) in [6, 6.07) is 7.35. The molecule has 0 spiro atoms. The molecule has 0 radical (unpaired) electrons. The van der Waals surface area contributed by atoms with Crippen molar-refractivity contribution in [3.8, 4) is 11.3 Å². The van der Waals surface area contributed by atoms with Gasteiger partial charge in [0.05, 0.1) is 17.3 Å². The third-order valence-electron chi connectivity index (χ3n) is 4.28. The monoisotopic (exact) mass is 469 g/mol. The maximum atomic E-state index is 14.6. The van der Waals surface area contributed by atoms with E-state index in [-0.39, 0.29) is 34.1 Å². The molecule has 0 amide bonds. The standard InChI is InChI=1S/C21H16F5N3O2S/c1-2-8-29(27-11-13-6-7-15(22)10-16(13)19(30)31)20-28-17(18(23)32-20)12-4-3-5-14(9-12)21(24,25)26/h3-7,9-11H,2,8H2,1H3,(H,30,31)/b27-11+. The van der Waals surface area contributed by atoms with Crippen LogP contribution in [0.3, 0.4) is 0 Å². The lowest BCUT2D eigenvalue weighted by atomic mass is 10.1. The number of aromatic nitrogens is 1. The average molecular weight is 469 g/mol. The molecule has 0 aliphatic heterocycles. The SMILES string of the molecule is CCCN(/N=C/c1ccc(F)cc1C(=O)O)c1nc(-c2cccc(C(F)(F)F)c2)c(F)s1. The number of hydrogen-bond donors (Lipinski definition) is 1. The van der Waals surface area contributed by atoms with Gasteiger partial charge in [-0.05, 0) is 36.8 Å². The number of rotatable bonds is 7. The average Bonchev–Trinajstić information content (AvgIpc) is 3.12. The summed E-state index contributed by atoms with van der Waals surface area (Å²) < 4.78 is 66.9. The van der Waals surface area contributed by atoms with Crippen molar-refractivity contribution in [3.63, 3.8) is 0 Å². The first-order valence-electron chi connectivity index (χ1n) is 9.28. The van der Waals surface area contributed by atoms with Crippen molar-refractivity contribution < 1.29 is 31.9 Å². The molecular weight excluding hydrogens is 453 g/mol. The topological polar surface area (TPSA) is 65.8 Å². The Labute approximate surface area is 183 Å². The lowest BCUT2D eigenvalue weighted by Crippen LogP contribution is -2.17. The number of thiazole rings is 1. The van der Waals surface area contributed by atoms with Gasteiger partial charge in [-0.25, -0.2) is 19.2 Å². The fourth-order valence-corrected chi connectivity index (χ4v) is 3.60. The lowest BCUT2D eigenvalue weighted by molar-refractivity contribution is -0.137. The van der Waals surface area contributed by atoms with Crippen LogP contribution in [0.2, 0.25) is 0 Å². The number of alkyl halides is 3. The van der Waals surface area contributed by atoms with Crippen molar-refractivity contribution in [2.24, 2.45) is 5.10 Å². The van der Waals surface area contributed by atoms with Gasteiger partial charge in [0.25, 0.3) is 0 Å². The van der Waals surface area contributed by atoms with E-state index in [0.29, 0.717) is 17.8 Å². The van der Waals surface area contributed by atoms with E-state index in [0.717, 1.165) is 24.3 Å². The zero-order chi connectivity index (χ0) is 23.5. The van der Waals surface area contributed by atoms with Crippen LogP contribution in [-0.4, -0.2) is 28.8 Å². The third kappa shape index (κ3) is 5.28. The zero-order valence-corrected chi connectivity index (χ0v) is 17.3. The molecule has 0 bridgehead atoms. The Kier molecular flexibility index (Phi) is 6.87. The number of halogens is 5. The quantitative estimate of drug-likeness (QED) is 0.260. The Balaban J connectivity index is 1.96. The molecule has 1 N–H and O–H groups in total. The largest absolute Gasteiger partial charge is 0.478 e. The first-order chi connectivity index (χ1) is 15.1. The maximum absolute atomic E-state index is 14.6. The van der Waals surface area contributed by atoms with Crippen molar-refractivity contribution in [1.29, 1.82) is 0 Å². The maximum Gasteiger partial charge on any atom is 0.416 e. The summed E-state index contributed by atoms with van der Waals surface area (Å²) >= 11 is 0.596. The van der Waals surface area contributed by atoms with Crippen LogP contribution in [0.4, 0.5) is 27.1 Å². The van der Waals surface area contributed by atoms with Crippen LogP contribution in [0.1, 0.15) is 34.8 Å². The molecule has 0 aliphatic rings. The van der Waals surface area contributed by atoms with Gasteiger partial charge in [0.15, 0.2) is 0 Å². The number of aromatic carboxylic acids is 1. The van der Waals surface area contributed by atoms with Crippen LogP contribution in [0.5, 0.6) is 0 Å². The zero-order valence-electron chi connectivity index (χ0n) is 16.5. The van der Waals surface area contributed by atoms with E-state index < -0.39 is 28.7 Å². The molecule has 3 aromatic rings. The van der Waals surface area contributed by atoms with Crippen LogP contribution < -0.4 is 5.01 Å². The molecule has 1 heterocycles. The van der Waals surface area contributed by atoms with E-state index in [9.17, 15) is 31.9 Å². The van der Waals surface area contributed by atoms with E-state index in [1.807, 2.05) is 6.92 Å². The van der Waals surface area contributed by atoms with Crippen LogP contribution in [-0.2, 0) is 6.18 Å². The Morgan fingerprint density at radius 2 is 1.97 bits per heavy atom. The van der Waals surface area contributed by atoms with Gasteiger partial charge in [-0.1, -0.05) is 30.4 Å². The van der Waals surface area contributed by atoms with Crippen LogP contribution in [0, 0.1) is 10.9 Å². The molecular formula is C21H16F5N3O2S. The fourth-order valence-electron chi connectivity index (χ4n) is 2.79. The van der Waals surface area contributed by atoms with Crippen molar-refractivity contribution in [1.82, 2.24) is 4.98 Å². The van der Waals surface area contributed by atoms with Gasteiger partial charge in [0.1, 0.15) is 11.5 Å². The first-order valence-corrected chi connectivity index (χ1v) is 10.1. The van der Waals surface area contributed by atoms with E-state index in [4.69, 9.17) is 0 Å². The number of carboxylic acids is 1. The molecule has 0 saturated carbocycles. The van der Waals surface area contributed by atoms with Gasteiger partial charge in [0.2, 0.25) is 10.3 Å². The normalized spacial score (nSPS) is 11.8. The van der Waals surface area contributed by atoms with E-state index in [1.165, 1.54) is 29.4 Å². The smallest absolute Gasteiger partial charge is 0.416 e. The molecule has 0 atom stereocenters. The van der Waals surface area contributed by atoms with Crippen LogP contribution in [0.15, 0.2) is 47.6 Å². The summed E-state index contributed by atoms with van der Waals surface area (Å²) in [5.74, 6) is -2.07. The molecule has 0 aliphatic carbocycles. The minimum Gasteiger partial charge on any atom is -0.478 e. The highest BCUT2D eigenvalue weighted by atomic mass is 32.1. The molecule has 0 fully saturated rings. The van der Waals surface area contributed by atoms with Gasteiger partial charge in [0, 0.05) is 17.7 Å². The third-order valence-corrected chi connectivity index (χ3v) is 5.13. The molecule has 5 nitrogen and oxygen atoms in total. The Hall–Kier alpha value is -3.34. The van der Waals surface area contributed by atoms with E-state index in [2.05, 4.69) is 10.1 Å². The predicted octanol–water partition coefficient (Wildman–Crippen LogP) is 6.06. The molecule has 11 heteroatoms. The lowest BCUT2D eigenvalue weighted by Gasteiger charge is -2.14. The number of anilines is 1. The molecule has 0 unspecified atom stereocenters. The summed E-state index contributed by atoms with van der Waals surface area (Å²) in [6.07, 6.45) is -2.84. The minimum absolute atomic E-state index is 0.0352. The predicted molar refractivity (Wildman–Crippen MR) is 111 cm³/mol. The summed E-state index contributed by atoms with van der Waals surface area (Å²) in [5.41, 5.74) is -1.40. The Morgan fingerprint density at radius 1 is 1.22 bits per heavy atom. The molecule has 2 aromatic carbocycles. The number of hydrazone groups is 1. The summed E-state index contributed by atoms with van der Waals surface area (Å²) in [7, 11) is 0. The van der Waals surface area contributed by atoms with E-state index >= 15 is 0 Å². The Bertz CT molecular complexity index is 1160. The first kappa shape index (κ1) is 23.3. The van der Waals surface area contributed by atoms with Crippen molar-refractivity contribution in [2.75, 3.05) is 11.6 Å². The minimum atomic E-state index is -4.58. The number of nitrogens with zero attached hydrogens (tertiary/aromatic N) is 3. The van der Waals surface area contributed by atoms with Gasteiger partial charge in [-0.3, -0.25) is 0 Å². The molecule has 168 valence electrons. The highest BCUT2D eigenvalue weighted by molar-refractivity contribution is 7.14. The van der Waals surface area contributed by atoms with Gasteiger partial charge in [-0.15, -0.1) is 0 Å². The van der Waals surface area contributed by atoms with E-state index in [1.54, 1.807) is 0 Å².